The molecule has 5 heteroatoms. The average Bonchev–Trinajstić information content (AvgIpc) is 2.89. The molecule has 0 bridgehead atoms. The Bertz CT molecular complexity index is 510. The fourth-order valence-electron chi connectivity index (χ4n) is 2.65. The summed E-state index contributed by atoms with van der Waals surface area (Å²) in [5, 5.41) is 12.1. The molecule has 0 aliphatic heterocycles. The standard InChI is InChI=1S/C15H18ClNO3/c16-11-6-7-12(15(19)20)13(9-11)17-14(18)8-5-10-3-1-2-4-10/h6-7,9-10H,1-5,8H2,(H,17,18)(H,19,20). The molecule has 0 saturated heterocycles. The fourth-order valence-corrected chi connectivity index (χ4v) is 2.83. The number of hydrogen-bond donors (Lipinski definition) is 2. The van der Waals surface area contributed by atoms with Crippen molar-refractivity contribution in [3.8, 4) is 0 Å². The maximum absolute atomic E-state index is 11.9. The highest BCUT2D eigenvalue weighted by Gasteiger charge is 2.17. The maximum atomic E-state index is 11.9. The smallest absolute Gasteiger partial charge is 0.337 e. The lowest BCUT2D eigenvalue weighted by atomic mass is 10.0. The summed E-state index contributed by atoms with van der Waals surface area (Å²) in [5.41, 5.74) is 0.324. The van der Waals surface area contributed by atoms with Crippen LogP contribution in [0.15, 0.2) is 18.2 Å². The molecule has 1 saturated carbocycles. The first-order valence-corrected chi connectivity index (χ1v) is 7.27. The molecule has 4 nitrogen and oxygen atoms in total. The molecule has 1 aromatic carbocycles. The summed E-state index contributed by atoms with van der Waals surface area (Å²) in [6.07, 6.45) is 6.20. The number of carbonyl (C=O) groups is 2. The van der Waals surface area contributed by atoms with Crippen LogP contribution in [0.4, 0.5) is 5.69 Å². The molecule has 108 valence electrons. The van der Waals surface area contributed by atoms with Crippen molar-refractivity contribution in [2.75, 3.05) is 5.32 Å². The van der Waals surface area contributed by atoms with E-state index in [9.17, 15) is 9.59 Å². The first-order valence-electron chi connectivity index (χ1n) is 6.89. The Morgan fingerprint density at radius 1 is 1.30 bits per heavy atom. The summed E-state index contributed by atoms with van der Waals surface area (Å²) in [5.74, 6) is -0.589. The van der Waals surface area contributed by atoms with Crippen LogP contribution in [0.3, 0.4) is 0 Å². The van der Waals surface area contributed by atoms with Gasteiger partial charge in [0.05, 0.1) is 11.3 Å². The Morgan fingerprint density at radius 3 is 2.65 bits per heavy atom. The van der Waals surface area contributed by atoms with Gasteiger partial charge in [-0.05, 0) is 30.5 Å². The van der Waals surface area contributed by atoms with E-state index in [2.05, 4.69) is 5.32 Å². The lowest BCUT2D eigenvalue weighted by Gasteiger charge is -2.11. The summed E-state index contributed by atoms with van der Waals surface area (Å²) >= 11 is 5.84. The number of nitrogens with one attached hydrogen (secondary N) is 1. The summed E-state index contributed by atoms with van der Waals surface area (Å²) in [4.78, 5) is 23.0. The molecular formula is C15H18ClNO3. The van der Waals surface area contributed by atoms with Gasteiger partial charge in [-0.15, -0.1) is 0 Å². The molecule has 0 spiro atoms. The van der Waals surface area contributed by atoms with Gasteiger partial charge < -0.3 is 10.4 Å². The van der Waals surface area contributed by atoms with Crippen LogP contribution in [0.25, 0.3) is 0 Å². The fraction of sp³-hybridized carbons (Fsp3) is 0.467. The first-order chi connectivity index (χ1) is 9.56. The summed E-state index contributed by atoms with van der Waals surface area (Å²) in [7, 11) is 0. The molecule has 0 atom stereocenters. The normalized spacial score (nSPS) is 15.2. The average molecular weight is 296 g/mol. The molecule has 1 aromatic rings. The molecular weight excluding hydrogens is 278 g/mol. The molecule has 0 radical (unpaired) electrons. The highest BCUT2D eigenvalue weighted by molar-refractivity contribution is 6.31. The molecule has 0 unspecified atom stereocenters. The zero-order valence-electron chi connectivity index (χ0n) is 11.2. The van der Waals surface area contributed by atoms with Crippen LogP contribution in [0, 0.1) is 5.92 Å². The van der Waals surface area contributed by atoms with Gasteiger partial charge in [0.15, 0.2) is 0 Å². The van der Waals surface area contributed by atoms with Gasteiger partial charge in [0.2, 0.25) is 5.91 Å². The van der Waals surface area contributed by atoms with Crippen LogP contribution in [-0.4, -0.2) is 17.0 Å². The van der Waals surface area contributed by atoms with E-state index in [1.165, 1.54) is 43.9 Å². The van der Waals surface area contributed by atoms with E-state index in [-0.39, 0.29) is 17.2 Å². The quantitative estimate of drug-likeness (QED) is 0.864. The number of hydrogen-bond acceptors (Lipinski definition) is 2. The van der Waals surface area contributed by atoms with Crippen molar-refractivity contribution in [1.29, 1.82) is 0 Å². The third-order valence-corrected chi connectivity index (χ3v) is 3.98. The molecule has 1 aliphatic rings. The largest absolute Gasteiger partial charge is 0.478 e. The van der Waals surface area contributed by atoms with Gasteiger partial charge in [-0.1, -0.05) is 37.3 Å². The zero-order chi connectivity index (χ0) is 14.5. The highest BCUT2D eigenvalue weighted by Crippen LogP contribution is 2.29. The Morgan fingerprint density at radius 2 is 2.00 bits per heavy atom. The van der Waals surface area contributed by atoms with Gasteiger partial charge in [-0.2, -0.15) is 0 Å². The molecule has 2 rings (SSSR count). The molecule has 0 aromatic heterocycles. The van der Waals surface area contributed by atoms with Crippen LogP contribution in [0.5, 0.6) is 0 Å². The molecule has 1 fully saturated rings. The van der Waals surface area contributed by atoms with Crippen LogP contribution in [0.2, 0.25) is 5.02 Å². The summed E-state index contributed by atoms with van der Waals surface area (Å²) in [6, 6.07) is 4.37. The first kappa shape index (κ1) is 14.9. The topological polar surface area (TPSA) is 66.4 Å². The summed E-state index contributed by atoms with van der Waals surface area (Å²) in [6.45, 7) is 0. The van der Waals surface area contributed by atoms with E-state index >= 15 is 0 Å². The highest BCUT2D eigenvalue weighted by atomic mass is 35.5. The molecule has 20 heavy (non-hydrogen) atoms. The minimum Gasteiger partial charge on any atom is -0.478 e. The molecule has 1 amide bonds. The molecule has 1 aliphatic carbocycles. The van der Waals surface area contributed by atoms with Crippen molar-refractivity contribution in [3.63, 3.8) is 0 Å². The lowest BCUT2D eigenvalue weighted by molar-refractivity contribution is -0.116. The second-order valence-electron chi connectivity index (χ2n) is 5.23. The van der Waals surface area contributed by atoms with Crippen molar-refractivity contribution in [1.82, 2.24) is 0 Å². The summed E-state index contributed by atoms with van der Waals surface area (Å²) < 4.78 is 0. The van der Waals surface area contributed by atoms with Crippen molar-refractivity contribution < 1.29 is 14.7 Å². The number of benzene rings is 1. The van der Waals surface area contributed by atoms with E-state index in [0.29, 0.717) is 17.4 Å². The van der Waals surface area contributed by atoms with Crippen molar-refractivity contribution in [3.05, 3.63) is 28.8 Å². The predicted molar refractivity (Wildman–Crippen MR) is 78.2 cm³/mol. The minimum atomic E-state index is -1.08. The van der Waals surface area contributed by atoms with Crippen LogP contribution < -0.4 is 5.32 Å². The third kappa shape index (κ3) is 3.97. The number of carboxylic acids is 1. The van der Waals surface area contributed by atoms with Gasteiger partial charge in [-0.3, -0.25) is 4.79 Å². The second kappa shape index (κ2) is 6.75. The van der Waals surface area contributed by atoms with Crippen molar-refractivity contribution in [2.24, 2.45) is 5.92 Å². The number of rotatable bonds is 5. The minimum absolute atomic E-state index is 0.0589. The number of carbonyl (C=O) groups excluding carboxylic acids is 1. The Kier molecular flexibility index (Phi) is 5.01. The van der Waals surface area contributed by atoms with E-state index in [0.717, 1.165) is 6.42 Å². The van der Waals surface area contributed by atoms with Gasteiger partial charge in [-0.25, -0.2) is 4.79 Å². The Hall–Kier alpha value is -1.55. The monoisotopic (exact) mass is 295 g/mol. The zero-order valence-corrected chi connectivity index (χ0v) is 11.9. The van der Waals surface area contributed by atoms with E-state index in [1.807, 2.05) is 0 Å². The van der Waals surface area contributed by atoms with Gasteiger partial charge in [0.25, 0.3) is 0 Å². The van der Waals surface area contributed by atoms with Gasteiger partial charge in [0, 0.05) is 11.4 Å². The van der Waals surface area contributed by atoms with Gasteiger partial charge >= 0.3 is 5.97 Å². The second-order valence-corrected chi connectivity index (χ2v) is 5.67. The third-order valence-electron chi connectivity index (χ3n) is 3.74. The van der Waals surface area contributed by atoms with Crippen molar-refractivity contribution in [2.45, 2.75) is 38.5 Å². The van der Waals surface area contributed by atoms with Crippen LogP contribution >= 0.6 is 11.6 Å². The lowest BCUT2D eigenvalue weighted by Crippen LogP contribution is -2.15. The van der Waals surface area contributed by atoms with E-state index in [1.54, 1.807) is 0 Å². The molecule has 0 heterocycles. The predicted octanol–water partition coefficient (Wildman–Crippen LogP) is 3.95. The van der Waals surface area contributed by atoms with Crippen LogP contribution in [-0.2, 0) is 4.79 Å². The number of halogens is 1. The molecule has 2 N–H and O–H groups in total. The van der Waals surface area contributed by atoms with Crippen molar-refractivity contribution >= 4 is 29.2 Å². The SMILES string of the molecule is O=C(CCC1CCCC1)Nc1cc(Cl)ccc1C(=O)O. The van der Waals surface area contributed by atoms with Gasteiger partial charge in [0.1, 0.15) is 0 Å². The number of amides is 1. The number of anilines is 1. The van der Waals surface area contributed by atoms with Crippen LogP contribution in [0.1, 0.15) is 48.9 Å². The number of aromatic carboxylic acids is 1. The number of carboxylic acid groups (broad SMARTS) is 1. The van der Waals surface area contributed by atoms with E-state index in [4.69, 9.17) is 16.7 Å². The van der Waals surface area contributed by atoms with E-state index < -0.39 is 5.97 Å². The maximum Gasteiger partial charge on any atom is 0.337 e. The Balaban J connectivity index is 1.96. The Labute approximate surface area is 123 Å².